The summed E-state index contributed by atoms with van der Waals surface area (Å²) in [6.45, 7) is 0. The molecule has 70 valence electrons. The molecule has 1 heterocycles. The number of methoxy groups -OCH3 is 1. The topological polar surface area (TPSA) is 34.1 Å². The highest BCUT2D eigenvalue weighted by molar-refractivity contribution is 7.80. The van der Waals surface area contributed by atoms with Gasteiger partial charge in [0.15, 0.2) is 0 Å². The Balaban J connectivity index is 2.85. The number of nitrogens with one attached hydrogen (secondary N) is 1. The maximum absolute atomic E-state index is 5.22. The molecule has 1 rings (SSSR count). The van der Waals surface area contributed by atoms with Crippen LogP contribution in [-0.4, -0.2) is 24.1 Å². The van der Waals surface area contributed by atoms with Crippen LogP contribution in [0.15, 0.2) is 24.4 Å². The molecule has 1 unspecified atom stereocenters. The molecule has 0 aliphatic rings. The molecule has 1 N–H and O–H groups in total. The van der Waals surface area contributed by atoms with Gasteiger partial charge < -0.3 is 10.1 Å². The van der Waals surface area contributed by atoms with Gasteiger partial charge in [-0.1, -0.05) is 18.3 Å². The number of hydrogen-bond acceptors (Lipinski definition) is 3. The average Bonchev–Trinajstić information content (AvgIpc) is 2.20. The number of pyridine rings is 1. The maximum Gasteiger partial charge on any atom is 0.149 e. The van der Waals surface area contributed by atoms with Crippen molar-refractivity contribution in [2.75, 3.05) is 14.2 Å². The summed E-state index contributed by atoms with van der Waals surface area (Å²) < 4.78 is 5.22. The van der Waals surface area contributed by atoms with Crippen molar-refractivity contribution in [1.82, 2.24) is 10.3 Å². The van der Waals surface area contributed by atoms with Gasteiger partial charge in [0.25, 0.3) is 0 Å². The summed E-state index contributed by atoms with van der Waals surface area (Å²) in [7, 11) is 3.39. The molecule has 0 bridgehead atoms. The van der Waals surface area contributed by atoms with Gasteiger partial charge in [-0.15, -0.1) is 0 Å². The number of likely N-dealkylation sites (N-methyl/N-ethyl adjacent to an activating group) is 1. The summed E-state index contributed by atoms with van der Waals surface area (Å²) in [5.74, 6) is 0. The van der Waals surface area contributed by atoms with Crippen molar-refractivity contribution in [3.05, 3.63) is 30.1 Å². The molecule has 4 heteroatoms. The smallest absolute Gasteiger partial charge is 0.149 e. The lowest BCUT2D eigenvalue weighted by molar-refractivity contribution is 0.154. The number of thiocarbonyl (C=S) groups is 1. The van der Waals surface area contributed by atoms with Crippen LogP contribution in [0.4, 0.5) is 0 Å². The molecule has 1 atom stereocenters. The van der Waals surface area contributed by atoms with Gasteiger partial charge in [0.2, 0.25) is 0 Å². The summed E-state index contributed by atoms with van der Waals surface area (Å²) in [5, 5.41) is 2.88. The Kier molecular flexibility index (Phi) is 3.79. The fourth-order valence-electron chi connectivity index (χ4n) is 1.02. The molecule has 1 aromatic heterocycles. The van der Waals surface area contributed by atoms with Crippen LogP contribution in [0.5, 0.6) is 0 Å². The van der Waals surface area contributed by atoms with E-state index in [0.29, 0.717) is 4.99 Å². The highest BCUT2D eigenvalue weighted by atomic mass is 32.1. The zero-order valence-corrected chi connectivity index (χ0v) is 8.47. The summed E-state index contributed by atoms with van der Waals surface area (Å²) in [6, 6.07) is 5.66. The molecule has 0 aromatic carbocycles. The zero-order chi connectivity index (χ0) is 9.68. The average molecular weight is 196 g/mol. The number of aromatic nitrogens is 1. The third-order valence-electron chi connectivity index (χ3n) is 1.68. The van der Waals surface area contributed by atoms with Crippen LogP contribution in [-0.2, 0) is 4.74 Å². The van der Waals surface area contributed by atoms with Crippen LogP contribution in [0.3, 0.4) is 0 Å². The molecule has 0 saturated heterocycles. The van der Waals surface area contributed by atoms with Gasteiger partial charge in [0, 0.05) is 20.4 Å². The van der Waals surface area contributed by atoms with Crippen LogP contribution >= 0.6 is 12.2 Å². The van der Waals surface area contributed by atoms with E-state index < -0.39 is 0 Å². The molecule has 0 spiro atoms. The Morgan fingerprint density at radius 1 is 1.62 bits per heavy atom. The van der Waals surface area contributed by atoms with Crippen molar-refractivity contribution in [1.29, 1.82) is 0 Å². The molecule has 0 aliphatic carbocycles. The van der Waals surface area contributed by atoms with Gasteiger partial charge in [-0.3, -0.25) is 4.98 Å². The Labute approximate surface area is 83.1 Å². The largest absolute Gasteiger partial charge is 0.380 e. The lowest BCUT2D eigenvalue weighted by Gasteiger charge is -2.14. The highest BCUT2D eigenvalue weighted by Gasteiger charge is 2.15. The first-order valence-corrected chi connectivity index (χ1v) is 4.35. The van der Waals surface area contributed by atoms with E-state index in [1.165, 1.54) is 0 Å². The molecular formula is C9H12N2OS. The number of nitrogens with zero attached hydrogens (tertiary/aromatic N) is 1. The predicted octanol–water partition coefficient (Wildman–Crippen LogP) is 1.32. The lowest BCUT2D eigenvalue weighted by Crippen LogP contribution is -2.25. The van der Waals surface area contributed by atoms with Gasteiger partial charge in [0.1, 0.15) is 11.1 Å². The second-order valence-corrected chi connectivity index (χ2v) is 2.92. The van der Waals surface area contributed by atoms with Crippen molar-refractivity contribution in [2.24, 2.45) is 0 Å². The molecule has 0 aliphatic heterocycles. The molecule has 0 amide bonds. The molecule has 0 saturated carbocycles. The fourth-order valence-corrected chi connectivity index (χ4v) is 1.24. The zero-order valence-electron chi connectivity index (χ0n) is 7.65. The number of rotatable bonds is 3. The first kappa shape index (κ1) is 10.1. The van der Waals surface area contributed by atoms with Gasteiger partial charge in [-0.25, -0.2) is 0 Å². The van der Waals surface area contributed by atoms with Crippen molar-refractivity contribution in [3.8, 4) is 0 Å². The van der Waals surface area contributed by atoms with E-state index in [9.17, 15) is 0 Å². The molecule has 0 fully saturated rings. The Bertz CT molecular complexity index is 276. The third-order valence-corrected chi connectivity index (χ3v) is 2.09. The van der Waals surface area contributed by atoms with E-state index in [2.05, 4.69) is 10.3 Å². The van der Waals surface area contributed by atoms with Crippen molar-refractivity contribution < 1.29 is 4.74 Å². The van der Waals surface area contributed by atoms with E-state index in [4.69, 9.17) is 17.0 Å². The second-order valence-electron chi connectivity index (χ2n) is 2.48. The Morgan fingerprint density at radius 2 is 2.38 bits per heavy atom. The first-order valence-electron chi connectivity index (χ1n) is 3.95. The quantitative estimate of drug-likeness (QED) is 0.739. The van der Waals surface area contributed by atoms with Crippen molar-refractivity contribution in [2.45, 2.75) is 6.10 Å². The molecule has 0 radical (unpaired) electrons. The van der Waals surface area contributed by atoms with E-state index in [1.807, 2.05) is 18.2 Å². The van der Waals surface area contributed by atoms with Crippen LogP contribution in [0.1, 0.15) is 11.8 Å². The van der Waals surface area contributed by atoms with Gasteiger partial charge >= 0.3 is 0 Å². The van der Waals surface area contributed by atoms with Crippen LogP contribution < -0.4 is 5.32 Å². The van der Waals surface area contributed by atoms with Gasteiger partial charge in [-0.2, -0.15) is 0 Å². The monoisotopic (exact) mass is 196 g/mol. The highest BCUT2D eigenvalue weighted by Crippen LogP contribution is 2.13. The minimum absolute atomic E-state index is 0.249. The molecule has 1 aromatic rings. The van der Waals surface area contributed by atoms with Crippen LogP contribution in [0.2, 0.25) is 0 Å². The Hall–Kier alpha value is -1.00. The SMILES string of the molecule is CNC(=S)C(OC)c1ccccn1. The van der Waals surface area contributed by atoms with Crippen LogP contribution in [0, 0.1) is 0 Å². The van der Waals surface area contributed by atoms with E-state index >= 15 is 0 Å². The summed E-state index contributed by atoms with van der Waals surface area (Å²) in [5.41, 5.74) is 0.823. The fraction of sp³-hybridized carbons (Fsp3) is 0.333. The summed E-state index contributed by atoms with van der Waals surface area (Å²) in [4.78, 5) is 4.81. The number of hydrogen-bond donors (Lipinski definition) is 1. The third kappa shape index (κ3) is 2.47. The lowest BCUT2D eigenvalue weighted by atomic mass is 10.2. The van der Waals surface area contributed by atoms with E-state index in [1.54, 1.807) is 20.4 Å². The summed E-state index contributed by atoms with van der Waals surface area (Å²) >= 11 is 5.08. The van der Waals surface area contributed by atoms with Gasteiger partial charge in [0.05, 0.1) is 5.69 Å². The minimum atomic E-state index is -0.249. The number of ether oxygens (including phenoxy) is 1. The van der Waals surface area contributed by atoms with E-state index in [-0.39, 0.29) is 6.10 Å². The normalized spacial score (nSPS) is 12.2. The molecular weight excluding hydrogens is 184 g/mol. The second kappa shape index (κ2) is 4.89. The van der Waals surface area contributed by atoms with Crippen molar-refractivity contribution >= 4 is 17.2 Å². The van der Waals surface area contributed by atoms with Crippen molar-refractivity contribution in [3.63, 3.8) is 0 Å². The minimum Gasteiger partial charge on any atom is -0.380 e. The van der Waals surface area contributed by atoms with E-state index in [0.717, 1.165) is 5.69 Å². The standard InChI is InChI=1S/C9H12N2OS/c1-10-9(13)8(12-2)7-5-3-4-6-11-7/h3-6,8H,1-2H3,(H,10,13). The first-order chi connectivity index (χ1) is 6.29. The van der Waals surface area contributed by atoms with Crippen LogP contribution in [0.25, 0.3) is 0 Å². The maximum atomic E-state index is 5.22. The Morgan fingerprint density at radius 3 is 2.85 bits per heavy atom. The summed E-state index contributed by atoms with van der Waals surface area (Å²) in [6.07, 6.45) is 1.47. The predicted molar refractivity (Wildman–Crippen MR) is 55.6 cm³/mol. The van der Waals surface area contributed by atoms with Gasteiger partial charge in [-0.05, 0) is 12.1 Å². The molecule has 3 nitrogen and oxygen atoms in total. The molecule has 13 heavy (non-hydrogen) atoms.